The van der Waals surface area contributed by atoms with Crippen molar-refractivity contribution in [1.29, 1.82) is 0 Å². The highest BCUT2D eigenvalue weighted by Crippen LogP contribution is 2.27. The Kier molecular flexibility index (Phi) is 3.53. The fraction of sp³-hybridized carbons (Fsp3) is 1.00. The molecule has 1 saturated carbocycles. The molecule has 0 radical (unpaired) electrons. The largest absolute Gasteiger partial charge is 0.326 e. The second-order valence-corrected chi connectivity index (χ2v) is 4.64. The minimum atomic E-state index is 0.252. The lowest BCUT2D eigenvalue weighted by Gasteiger charge is -2.32. The average Bonchev–Trinajstić information content (AvgIpc) is 1.96. The summed E-state index contributed by atoms with van der Waals surface area (Å²) in [6, 6.07) is 0.510. The van der Waals surface area contributed by atoms with Gasteiger partial charge in [-0.05, 0) is 37.5 Å². The second-order valence-electron chi connectivity index (χ2n) is 4.64. The molecule has 0 spiro atoms. The SMILES string of the molecule is CC(C)CC1CCC(N)C(N)C1. The molecule has 0 bridgehead atoms. The molecular weight excluding hydrogens is 148 g/mol. The molecule has 4 N–H and O–H groups in total. The third-order valence-corrected chi connectivity index (χ3v) is 2.87. The molecular formula is C10H22N2. The van der Waals surface area contributed by atoms with Crippen LogP contribution < -0.4 is 11.5 Å². The van der Waals surface area contributed by atoms with E-state index in [2.05, 4.69) is 13.8 Å². The van der Waals surface area contributed by atoms with Crippen molar-refractivity contribution in [2.75, 3.05) is 0 Å². The Morgan fingerprint density at radius 1 is 1.17 bits per heavy atom. The Morgan fingerprint density at radius 2 is 1.83 bits per heavy atom. The van der Waals surface area contributed by atoms with E-state index in [-0.39, 0.29) is 12.1 Å². The molecule has 1 rings (SSSR count). The highest BCUT2D eigenvalue weighted by Gasteiger charge is 2.25. The standard InChI is InChI=1S/C10H22N2/c1-7(2)5-8-3-4-9(11)10(12)6-8/h7-10H,3-6,11-12H2,1-2H3. The van der Waals surface area contributed by atoms with E-state index in [1.54, 1.807) is 0 Å². The Morgan fingerprint density at radius 3 is 2.33 bits per heavy atom. The summed E-state index contributed by atoms with van der Waals surface area (Å²) in [6.07, 6.45) is 4.87. The molecule has 2 heteroatoms. The van der Waals surface area contributed by atoms with Crippen LogP contribution in [0.5, 0.6) is 0 Å². The molecule has 1 fully saturated rings. The van der Waals surface area contributed by atoms with Crippen molar-refractivity contribution >= 4 is 0 Å². The van der Waals surface area contributed by atoms with Crippen LogP contribution in [0.2, 0.25) is 0 Å². The Bertz CT molecular complexity index is 134. The Balaban J connectivity index is 2.30. The van der Waals surface area contributed by atoms with Gasteiger partial charge >= 0.3 is 0 Å². The van der Waals surface area contributed by atoms with Gasteiger partial charge < -0.3 is 11.5 Å². The molecule has 3 atom stereocenters. The van der Waals surface area contributed by atoms with Gasteiger partial charge in [0, 0.05) is 12.1 Å². The second kappa shape index (κ2) is 4.24. The van der Waals surface area contributed by atoms with Crippen molar-refractivity contribution in [3.05, 3.63) is 0 Å². The first-order valence-electron chi connectivity index (χ1n) is 5.10. The van der Waals surface area contributed by atoms with Gasteiger partial charge in [-0.25, -0.2) is 0 Å². The maximum atomic E-state index is 5.92. The van der Waals surface area contributed by atoms with Gasteiger partial charge in [0.1, 0.15) is 0 Å². The first-order valence-corrected chi connectivity index (χ1v) is 5.10. The van der Waals surface area contributed by atoms with Gasteiger partial charge in [-0.1, -0.05) is 13.8 Å². The van der Waals surface area contributed by atoms with Crippen LogP contribution in [-0.2, 0) is 0 Å². The van der Waals surface area contributed by atoms with Gasteiger partial charge in [0.25, 0.3) is 0 Å². The smallest absolute Gasteiger partial charge is 0.0194 e. The van der Waals surface area contributed by atoms with E-state index in [9.17, 15) is 0 Å². The van der Waals surface area contributed by atoms with Crippen molar-refractivity contribution in [3.8, 4) is 0 Å². The fourth-order valence-corrected chi connectivity index (χ4v) is 2.20. The summed E-state index contributed by atoms with van der Waals surface area (Å²) in [7, 11) is 0. The third-order valence-electron chi connectivity index (χ3n) is 2.87. The molecule has 0 aromatic rings. The normalized spacial score (nSPS) is 37.2. The summed E-state index contributed by atoms with van der Waals surface area (Å²) in [6.45, 7) is 4.56. The Labute approximate surface area is 75.7 Å². The molecule has 0 aromatic heterocycles. The first kappa shape index (κ1) is 10.0. The highest BCUT2D eigenvalue weighted by atomic mass is 14.8. The summed E-state index contributed by atoms with van der Waals surface area (Å²) in [5.41, 5.74) is 11.8. The van der Waals surface area contributed by atoms with E-state index in [0.717, 1.165) is 24.7 Å². The van der Waals surface area contributed by atoms with Crippen molar-refractivity contribution in [1.82, 2.24) is 0 Å². The highest BCUT2D eigenvalue weighted by molar-refractivity contribution is 4.85. The van der Waals surface area contributed by atoms with Crippen LogP contribution in [0.4, 0.5) is 0 Å². The molecule has 0 aromatic carbocycles. The van der Waals surface area contributed by atoms with Gasteiger partial charge in [0.2, 0.25) is 0 Å². The number of rotatable bonds is 2. The summed E-state index contributed by atoms with van der Waals surface area (Å²) in [4.78, 5) is 0. The first-order chi connectivity index (χ1) is 5.59. The molecule has 0 heterocycles. The summed E-state index contributed by atoms with van der Waals surface area (Å²) >= 11 is 0. The number of hydrogen-bond donors (Lipinski definition) is 2. The minimum Gasteiger partial charge on any atom is -0.326 e. The fourth-order valence-electron chi connectivity index (χ4n) is 2.20. The lowest BCUT2D eigenvalue weighted by Crippen LogP contribution is -2.46. The molecule has 0 saturated heterocycles. The Hall–Kier alpha value is -0.0800. The van der Waals surface area contributed by atoms with E-state index in [4.69, 9.17) is 11.5 Å². The maximum absolute atomic E-state index is 5.92. The minimum absolute atomic E-state index is 0.252. The van der Waals surface area contributed by atoms with Crippen LogP contribution in [0.15, 0.2) is 0 Å². The van der Waals surface area contributed by atoms with Crippen LogP contribution in [-0.4, -0.2) is 12.1 Å². The van der Waals surface area contributed by atoms with Gasteiger partial charge in [0.05, 0.1) is 0 Å². The van der Waals surface area contributed by atoms with E-state index >= 15 is 0 Å². The van der Waals surface area contributed by atoms with Crippen molar-refractivity contribution in [2.24, 2.45) is 23.3 Å². The summed E-state index contributed by atoms with van der Waals surface area (Å²) in [5.74, 6) is 1.64. The zero-order valence-corrected chi connectivity index (χ0v) is 8.29. The predicted octanol–water partition coefficient (Wildman–Crippen LogP) is 1.49. The van der Waals surface area contributed by atoms with Crippen molar-refractivity contribution in [3.63, 3.8) is 0 Å². The zero-order chi connectivity index (χ0) is 9.14. The average molecular weight is 170 g/mol. The monoisotopic (exact) mass is 170 g/mol. The summed E-state index contributed by atoms with van der Waals surface area (Å²) < 4.78 is 0. The number of hydrogen-bond acceptors (Lipinski definition) is 2. The van der Waals surface area contributed by atoms with E-state index in [1.807, 2.05) is 0 Å². The van der Waals surface area contributed by atoms with Crippen molar-refractivity contribution < 1.29 is 0 Å². The van der Waals surface area contributed by atoms with E-state index in [1.165, 1.54) is 12.8 Å². The topological polar surface area (TPSA) is 52.0 Å². The van der Waals surface area contributed by atoms with Crippen LogP contribution in [0, 0.1) is 11.8 Å². The van der Waals surface area contributed by atoms with Gasteiger partial charge in [-0.3, -0.25) is 0 Å². The predicted molar refractivity (Wildman–Crippen MR) is 52.7 cm³/mol. The quantitative estimate of drug-likeness (QED) is 0.659. The zero-order valence-electron chi connectivity index (χ0n) is 8.29. The molecule has 0 aliphatic heterocycles. The molecule has 1 aliphatic rings. The van der Waals surface area contributed by atoms with Gasteiger partial charge in [0.15, 0.2) is 0 Å². The van der Waals surface area contributed by atoms with Crippen LogP contribution in [0.25, 0.3) is 0 Å². The molecule has 1 aliphatic carbocycles. The maximum Gasteiger partial charge on any atom is 0.0194 e. The van der Waals surface area contributed by atoms with Gasteiger partial charge in [-0.15, -0.1) is 0 Å². The summed E-state index contributed by atoms with van der Waals surface area (Å²) in [5, 5.41) is 0. The van der Waals surface area contributed by atoms with Gasteiger partial charge in [-0.2, -0.15) is 0 Å². The molecule has 0 amide bonds. The molecule has 72 valence electrons. The number of nitrogens with two attached hydrogens (primary N) is 2. The van der Waals surface area contributed by atoms with E-state index in [0.29, 0.717) is 0 Å². The molecule has 2 nitrogen and oxygen atoms in total. The van der Waals surface area contributed by atoms with Crippen molar-refractivity contribution in [2.45, 2.75) is 51.6 Å². The van der Waals surface area contributed by atoms with Crippen LogP contribution >= 0.6 is 0 Å². The molecule has 12 heavy (non-hydrogen) atoms. The third kappa shape index (κ3) is 2.76. The lowest BCUT2D eigenvalue weighted by atomic mass is 9.79. The van der Waals surface area contributed by atoms with Crippen LogP contribution in [0.3, 0.4) is 0 Å². The van der Waals surface area contributed by atoms with E-state index < -0.39 is 0 Å². The van der Waals surface area contributed by atoms with Crippen LogP contribution in [0.1, 0.15) is 39.5 Å². The molecule has 3 unspecified atom stereocenters. The lowest BCUT2D eigenvalue weighted by molar-refractivity contribution is 0.255.